The summed E-state index contributed by atoms with van der Waals surface area (Å²) in [5.41, 5.74) is 5.22. The molecule has 0 spiro atoms. The van der Waals surface area contributed by atoms with Crippen molar-refractivity contribution in [1.82, 2.24) is 4.90 Å². The van der Waals surface area contributed by atoms with E-state index in [4.69, 9.17) is 5.73 Å². The summed E-state index contributed by atoms with van der Waals surface area (Å²) in [5.74, 6) is 0. The summed E-state index contributed by atoms with van der Waals surface area (Å²) in [7, 11) is 3.76. The van der Waals surface area contributed by atoms with E-state index in [1.807, 2.05) is 14.1 Å². The average molecular weight is 259 g/mol. The summed E-state index contributed by atoms with van der Waals surface area (Å²) in [5, 5.41) is 0. The number of nitrogens with two attached hydrogens (primary N) is 1. The van der Waals surface area contributed by atoms with E-state index in [0.717, 1.165) is 4.67 Å². The third kappa shape index (κ3) is 6.73. The van der Waals surface area contributed by atoms with Crippen molar-refractivity contribution in [3.8, 4) is 0 Å². The van der Waals surface area contributed by atoms with Crippen LogP contribution in [0.15, 0.2) is 0 Å². The van der Waals surface area contributed by atoms with E-state index < -0.39 is 0 Å². The van der Waals surface area contributed by atoms with Gasteiger partial charge in [0.1, 0.15) is 0 Å². The van der Waals surface area contributed by atoms with Crippen molar-refractivity contribution in [2.24, 2.45) is 5.73 Å². The minimum Gasteiger partial charge on any atom is 0 e. The Balaban J connectivity index is 0. The molecule has 0 amide bonds. The van der Waals surface area contributed by atoms with E-state index in [1.54, 1.807) is 4.90 Å². The smallest absolute Gasteiger partial charge is 0 e. The molecular formula is C3H8AgN2Se. The Morgan fingerprint density at radius 1 is 1.57 bits per heavy atom. The standard InChI is InChI=1S/C3H8N2Se.Ag/c1-5(2)3(4)6;/h1-2H3,(H2,4,6);. The second kappa shape index (κ2) is 4.88. The van der Waals surface area contributed by atoms with Crippen molar-refractivity contribution >= 4 is 20.2 Å². The predicted octanol–water partition coefficient (Wildman–Crippen LogP) is -1.24. The fourth-order valence-electron chi connectivity index (χ4n) is 0. The molecule has 0 aromatic carbocycles. The van der Waals surface area contributed by atoms with Gasteiger partial charge in [-0.2, -0.15) is 0 Å². The molecule has 0 aromatic rings. The molecule has 1 radical (unpaired) electrons. The van der Waals surface area contributed by atoms with E-state index in [-0.39, 0.29) is 22.4 Å². The van der Waals surface area contributed by atoms with Crippen molar-refractivity contribution in [2.45, 2.75) is 0 Å². The van der Waals surface area contributed by atoms with Gasteiger partial charge in [-0.1, -0.05) is 0 Å². The molecule has 0 atom stereocenters. The van der Waals surface area contributed by atoms with Crippen molar-refractivity contribution in [2.75, 3.05) is 14.1 Å². The van der Waals surface area contributed by atoms with Crippen LogP contribution in [-0.2, 0) is 22.4 Å². The molecule has 0 heterocycles. The number of nitrogens with zero attached hydrogens (tertiary/aromatic N) is 1. The van der Waals surface area contributed by atoms with Gasteiger partial charge in [0, 0.05) is 22.4 Å². The van der Waals surface area contributed by atoms with Crippen LogP contribution in [0, 0.1) is 0 Å². The second-order valence-corrected chi connectivity index (χ2v) is 2.11. The third-order valence-electron chi connectivity index (χ3n) is 0.441. The molecule has 7 heavy (non-hydrogen) atoms. The van der Waals surface area contributed by atoms with Gasteiger partial charge in [0.2, 0.25) is 0 Å². The van der Waals surface area contributed by atoms with Crippen molar-refractivity contribution in [3.05, 3.63) is 0 Å². The first-order valence-corrected chi connectivity index (χ1v) is 2.47. The summed E-state index contributed by atoms with van der Waals surface area (Å²) in [4.78, 5) is 1.81. The Morgan fingerprint density at radius 3 is 1.71 bits per heavy atom. The van der Waals surface area contributed by atoms with Gasteiger partial charge in [0.15, 0.2) is 0 Å². The molecule has 0 aliphatic heterocycles. The molecule has 2 nitrogen and oxygen atoms in total. The molecule has 0 saturated carbocycles. The van der Waals surface area contributed by atoms with E-state index in [2.05, 4.69) is 15.6 Å². The molecule has 0 aromatic heterocycles. The molecule has 47 valence electrons. The maximum absolute atomic E-state index is 5.22. The van der Waals surface area contributed by atoms with Crippen LogP contribution in [0.2, 0.25) is 0 Å². The van der Waals surface area contributed by atoms with Crippen LogP contribution >= 0.6 is 0 Å². The fourth-order valence-corrected chi connectivity index (χ4v) is 0. The minimum absolute atomic E-state index is 0. The SMILES string of the molecule is CN(C)C(N)=[Se].[Ag]. The molecule has 4 heteroatoms. The zero-order valence-electron chi connectivity index (χ0n) is 4.23. The summed E-state index contributed by atoms with van der Waals surface area (Å²) in [6.45, 7) is 0. The largest absolute Gasteiger partial charge is 0 e. The molecule has 0 bridgehead atoms. The first-order valence-electron chi connectivity index (χ1n) is 1.61. The summed E-state index contributed by atoms with van der Waals surface area (Å²) >= 11 is 2.66. The monoisotopic (exact) mass is 259 g/mol. The van der Waals surface area contributed by atoms with Crippen molar-refractivity contribution < 1.29 is 22.4 Å². The summed E-state index contributed by atoms with van der Waals surface area (Å²) in [6, 6.07) is 0. The van der Waals surface area contributed by atoms with E-state index >= 15 is 0 Å². The quantitative estimate of drug-likeness (QED) is 0.597. The summed E-state index contributed by atoms with van der Waals surface area (Å²) in [6.07, 6.45) is 0. The minimum atomic E-state index is 0. The van der Waals surface area contributed by atoms with Crippen LogP contribution in [0.3, 0.4) is 0 Å². The van der Waals surface area contributed by atoms with Gasteiger partial charge in [-0.25, -0.2) is 0 Å². The van der Waals surface area contributed by atoms with Crippen LogP contribution in [0.5, 0.6) is 0 Å². The van der Waals surface area contributed by atoms with Crippen LogP contribution < -0.4 is 5.73 Å². The molecule has 0 saturated heterocycles. The Morgan fingerprint density at radius 2 is 1.71 bits per heavy atom. The predicted molar refractivity (Wildman–Crippen MR) is 28.6 cm³/mol. The first kappa shape index (κ1) is 10.7. The number of hydrogen-bond donors (Lipinski definition) is 1. The maximum Gasteiger partial charge on any atom is 0 e. The topological polar surface area (TPSA) is 29.3 Å². The molecule has 2 N–H and O–H groups in total. The molecule has 0 unspecified atom stereocenters. The normalized spacial score (nSPS) is 6.57. The first-order chi connectivity index (χ1) is 2.64. The molecule has 0 rings (SSSR count). The van der Waals surface area contributed by atoms with Gasteiger partial charge in [-0.15, -0.1) is 0 Å². The van der Waals surface area contributed by atoms with Gasteiger partial charge >= 0.3 is 45.0 Å². The van der Waals surface area contributed by atoms with Crippen LogP contribution in [0.25, 0.3) is 0 Å². The Bertz CT molecular complexity index is 64.0. The van der Waals surface area contributed by atoms with Gasteiger partial charge in [0.25, 0.3) is 0 Å². The number of rotatable bonds is 1. The van der Waals surface area contributed by atoms with Gasteiger partial charge < -0.3 is 0 Å². The second-order valence-electron chi connectivity index (χ2n) is 1.23. The molecular weight excluding hydrogens is 251 g/mol. The molecule has 0 aliphatic carbocycles. The molecule has 0 aliphatic rings. The van der Waals surface area contributed by atoms with Crippen LogP contribution in [0.1, 0.15) is 0 Å². The van der Waals surface area contributed by atoms with E-state index in [9.17, 15) is 0 Å². The third-order valence-corrected chi connectivity index (χ3v) is 1.21. The Hall–Kier alpha value is 0.730. The van der Waals surface area contributed by atoms with Gasteiger partial charge in [0.05, 0.1) is 0 Å². The van der Waals surface area contributed by atoms with Crippen molar-refractivity contribution in [3.63, 3.8) is 0 Å². The Kier molecular flexibility index (Phi) is 7.43. The Labute approximate surface area is 67.3 Å². The van der Waals surface area contributed by atoms with Crippen LogP contribution in [0.4, 0.5) is 0 Å². The van der Waals surface area contributed by atoms with Crippen LogP contribution in [-0.4, -0.2) is 39.2 Å². The summed E-state index contributed by atoms with van der Waals surface area (Å²) < 4.78 is 0.718. The van der Waals surface area contributed by atoms with E-state index in [1.165, 1.54) is 0 Å². The average Bonchev–Trinajstić information content (AvgIpc) is 1.36. The van der Waals surface area contributed by atoms with Crippen molar-refractivity contribution in [1.29, 1.82) is 0 Å². The molecule has 0 fully saturated rings. The zero-order chi connectivity index (χ0) is 5.15. The maximum atomic E-state index is 5.22. The van der Waals surface area contributed by atoms with E-state index in [0.29, 0.717) is 0 Å². The fraction of sp³-hybridized carbons (Fsp3) is 0.667. The zero-order valence-corrected chi connectivity index (χ0v) is 7.43. The van der Waals surface area contributed by atoms with Gasteiger partial charge in [-0.05, 0) is 0 Å². The number of hydrogen-bond acceptors (Lipinski definition) is 2. The van der Waals surface area contributed by atoms with Gasteiger partial charge in [-0.3, -0.25) is 0 Å².